The maximum Gasteiger partial charge on any atom is 0.258 e. The summed E-state index contributed by atoms with van der Waals surface area (Å²) in [6.07, 6.45) is 7.01. The number of aliphatic hydroxyl groups is 1. The summed E-state index contributed by atoms with van der Waals surface area (Å²) >= 11 is 1.11. The molecule has 0 atom stereocenters. The molecule has 1 saturated carbocycles. The molecule has 230 valence electrons. The molecule has 5 rings (SSSR count). The van der Waals surface area contributed by atoms with Crippen molar-refractivity contribution < 1.29 is 27.9 Å². The molecule has 2 fully saturated rings. The number of rotatable bonds is 8. The predicted octanol–water partition coefficient (Wildman–Crippen LogP) is 5.77. The number of hydrogen-bond acceptors (Lipinski definition) is 5. The number of hydrogen-bond donors (Lipinski definition) is 3. The molecule has 2 aromatic carbocycles. The van der Waals surface area contributed by atoms with Crippen molar-refractivity contribution in [2.24, 2.45) is 0 Å². The third kappa shape index (κ3) is 7.36. The van der Waals surface area contributed by atoms with Gasteiger partial charge in [-0.25, -0.2) is 13.2 Å². The molecule has 0 unspecified atom stereocenters. The normalized spacial score (nSPS) is 23.9. The molecule has 0 spiro atoms. The first-order chi connectivity index (χ1) is 20.2. The third-order valence-corrected chi connectivity index (χ3v) is 9.86. The van der Waals surface area contributed by atoms with Gasteiger partial charge in [0.2, 0.25) is 5.91 Å². The number of carbonyl (C=O) groups is 2. The minimum absolute atomic E-state index is 0.0195. The van der Waals surface area contributed by atoms with Crippen LogP contribution in [0.2, 0.25) is 0 Å². The van der Waals surface area contributed by atoms with E-state index in [1.165, 1.54) is 24.3 Å². The highest BCUT2D eigenvalue weighted by Gasteiger charge is 2.49. The summed E-state index contributed by atoms with van der Waals surface area (Å²) in [6.45, 7) is 6.39. The van der Waals surface area contributed by atoms with Crippen LogP contribution in [0, 0.1) is 17.5 Å². The zero-order valence-electron chi connectivity index (χ0n) is 24.7. The Balaban J connectivity index is 1.29. The van der Waals surface area contributed by atoms with Crippen LogP contribution in [0.3, 0.4) is 0 Å². The van der Waals surface area contributed by atoms with Crippen LogP contribution in [-0.2, 0) is 15.1 Å². The smallest absolute Gasteiger partial charge is 0.258 e. The van der Waals surface area contributed by atoms with Crippen LogP contribution in [0.5, 0.6) is 0 Å². The fraction of sp³-hybridized carbons (Fsp3) is 0.455. The number of halogens is 3. The number of carbonyl (C=O) groups excluding carboxylic acids is 2. The number of thioether (sulfide) groups is 1. The van der Waals surface area contributed by atoms with Crippen molar-refractivity contribution in [1.82, 2.24) is 15.5 Å². The van der Waals surface area contributed by atoms with Gasteiger partial charge in [0.15, 0.2) is 0 Å². The number of nitrogens with one attached hydrogen (secondary N) is 2. The topological polar surface area (TPSA) is 81.7 Å². The Morgan fingerprint density at radius 2 is 1.74 bits per heavy atom. The third-order valence-electron chi connectivity index (χ3n) is 8.68. The fourth-order valence-electron chi connectivity index (χ4n) is 6.23. The second kappa shape index (κ2) is 12.1. The fourth-order valence-corrected chi connectivity index (χ4v) is 7.25. The minimum atomic E-state index is -0.844. The van der Waals surface area contributed by atoms with E-state index in [0.29, 0.717) is 47.7 Å². The molecule has 0 bridgehead atoms. The van der Waals surface area contributed by atoms with Gasteiger partial charge in [-0.3, -0.25) is 14.5 Å². The highest BCUT2D eigenvalue weighted by molar-refractivity contribution is 8.12. The Morgan fingerprint density at radius 1 is 1.05 bits per heavy atom. The lowest BCUT2D eigenvalue weighted by molar-refractivity contribution is -0.131. The van der Waals surface area contributed by atoms with Crippen molar-refractivity contribution in [1.29, 1.82) is 0 Å². The first-order valence-electron chi connectivity index (χ1n) is 14.6. The van der Waals surface area contributed by atoms with Gasteiger partial charge in [0.1, 0.15) is 17.5 Å². The van der Waals surface area contributed by atoms with Gasteiger partial charge >= 0.3 is 0 Å². The molecule has 0 radical (unpaired) electrons. The van der Waals surface area contributed by atoms with Crippen LogP contribution in [0.4, 0.5) is 13.2 Å². The first-order valence-corrected chi connectivity index (χ1v) is 15.5. The van der Waals surface area contributed by atoms with E-state index >= 15 is 0 Å². The second-order valence-corrected chi connectivity index (χ2v) is 13.9. The Bertz CT molecular complexity index is 1460. The second-order valence-electron chi connectivity index (χ2n) is 12.8. The maximum atomic E-state index is 14.5. The lowest BCUT2D eigenvalue weighted by Crippen LogP contribution is -2.73. The van der Waals surface area contributed by atoms with Gasteiger partial charge in [-0.05, 0) is 82.7 Å². The summed E-state index contributed by atoms with van der Waals surface area (Å²) in [5.41, 5.74) is -1.51. The van der Waals surface area contributed by atoms with E-state index in [-0.39, 0.29) is 29.8 Å². The van der Waals surface area contributed by atoms with E-state index in [2.05, 4.69) is 15.5 Å². The summed E-state index contributed by atoms with van der Waals surface area (Å²) in [4.78, 5) is 30.2. The molecule has 43 heavy (non-hydrogen) atoms. The SMILES string of the molecule is CC1(O)CCC(N2CC(CC(=O)NC(C)(C)c3cccc(F)c3)(NC(=O)C3=CCC=C(c4ccc(F)cc4F)S3)C2)CC1. The molecule has 1 aliphatic carbocycles. The monoisotopic (exact) mass is 613 g/mol. The van der Waals surface area contributed by atoms with Crippen LogP contribution in [-0.4, -0.2) is 52.1 Å². The van der Waals surface area contributed by atoms with Crippen LogP contribution in [0.25, 0.3) is 4.91 Å². The van der Waals surface area contributed by atoms with Crippen molar-refractivity contribution in [3.8, 4) is 0 Å². The lowest BCUT2D eigenvalue weighted by atomic mass is 9.78. The van der Waals surface area contributed by atoms with E-state index in [0.717, 1.165) is 30.7 Å². The molecule has 1 saturated heterocycles. The highest BCUT2D eigenvalue weighted by atomic mass is 32.2. The maximum absolute atomic E-state index is 14.5. The molecule has 6 nitrogen and oxygen atoms in total. The highest BCUT2D eigenvalue weighted by Crippen LogP contribution is 2.40. The average molecular weight is 614 g/mol. The lowest BCUT2D eigenvalue weighted by Gasteiger charge is -2.55. The molecule has 2 heterocycles. The largest absolute Gasteiger partial charge is 0.390 e. The van der Waals surface area contributed by atoms with Crippen LogP contribution < -0.4 is 10.6 Å². The van der Waals surface area contributed by atoms with Gasteiger partial charge in [-0.2, -0.15) is 0 Å². The molecular formula is C33H38F3N3O3S. The van der Waals surface area contributed by atoms with E-state index in [1.807, 2.05) is 6.92 Å². The number of nitrogens with zero attached hydrogens (tertiary/aromatic N) is 1. The Hall–Kier alpha value is -3.08. The van der Waals surface area contributed by atoms with Crippen molar-refractivity contribution in [3.63, 3.8) is 0 Å². The van der Waals surface area contributed by atoms with E-state index in [1.54, 1.807) is 38.1 Å². The average Bonchev–Trinajstić information content (AvgIpc) is 2.91. The van der Waals surface area contributed by atoms with Crippen molar-refractivity contribution in [2.45, 2.75) is 82.0 Å². The Morgan fingerprint density at radius 3 is 2.42 bits per heavy atom. The van der Waals surface area contributed by atoms with Crippen LogP contribution in [0.1, 0.15) is 70.4 Å². The molecule has 2 aliphatic heterocycles. The van der Waals surface area contributed by atoms with Crippen LogP contribution >= 0.6 is 11.8 Å². The van der Waals surface area contributed by atoms with Gasteiger partial charge in [0, 0.05) is 35.7 Å². The summed E-state index contributed by atoms with van der Waals surface area (Å²) in [7, 11) is 0. The molecule has 0 aromatic heterocycles. The molecule has 2 amide bonds. The van der Waals surface area contributed by atoms with Crippen molar-refractivity contribution in [2.75, 3.05) is 13.1 Å². The van der Waals surface area contributed by atoms with Gasteiger partial charge in [-0.15, -0.1) is 0 Å². The van der Waals surface area contributed by atoms with Crippen LogP contribution in [0.15, 0.2) is 59.5 Å². The predicted molar refractivity (Wildman–Crippen MR) is 162 cm³/mol. The van der Waals surface area contributed by atoms with E-state index in [4.69, 9.17) is 0 Å². The van der Waals surface area contributed by atoms with Gasteiger partial charge in [-0.1, -0.05) is 36.0 Å². The zero-order valence-corrected chi connectivity index (χ0v) is 25.5. The summed E-state index contributed by atoms with van der Waals surface area (Å²) in [6, 6.07) is 9.71. The minimum Gasteiger partial charge on any atom is -0.390 e. The molecule has 10 heteroatoms. The zero-order chi connectivity index (χ0) is 31.0. The van der Waals surface area contributed by atoms with E-state index < -0.39 is 34.1 Å². The van der Waals surface area contributed by atoms with Gasteiger partial charge in [0.25, 0.3) is 5.91 Å². The summed E-state index contributed by atoms with van der Waals surface area (Å²) in [5.74, 6) is -2.40. The van der Waals surface area contributed by atoms with Gasteiger partial charge in [0.05, 0.1) is 28.0 Å². The number of benzene rings is 2. The number of amides is 2. The standard InChI is InChI=1S/C33H38F3N3O3S/c1-31(2,21-6-4-7-22(34)16-21)37-29(40)18-33(19-39(20-33)24-12-14-32(3,42)15-13-24)38-30(41)28-9-5-8-27(43-28)25-11-10-23(35)17-26(25)36/h4,6-11,16-17,24,42H,5,12-15,18-20H2,1-3H3,(H,37,40)(H,38,41). The number of allylic oxidation sites excluding steroid dienone is 2. The first kappa shape index (κ1) is 31.3. The molecule has 3 aliphatic rings. The van der Waals surface area contributed by atoms with E-state index in [9.17, 15) is 27.9 Å². The molecular weight excluding hydrogens is 575 g/mol. The number of likely N-dealkylation sites (tertiary alicyclic amines) is 1. The van der Waals surface area contributed by atoms with Crippen molar-refractivity contribution >= 4 is 28.5 Å². The summed E-state index contributed by atoms with van der Waals surface area (Å²) < 4.78 is 41.9. The Labute approximate surface area is 254 Å². The molecule has 2 aromatic rings. The molecule has 3 N–H and O–H groups in total. The Kier molecular flexibility index (Phi) is 8.84. The van der Waals surface area contributed by atoms with Gasteiger partial charge < -0.3 is 15.7 Å². The van der Waals surface area contributed by atoms with Crippen molar-refractivity contribution in [3.05, 3.63) is 88.1 Å². The quantitative estimate of drug-likeness (QED) is 0.352. The summed E-state index contributed by atoms with van der Waals surface area (Å²) in [5, 5.41) is 16.5.